The van der Waals surface area contributed by atoms with Crippen molar-refractivity contribution in [1.29, 1.82) is 5.41 Å². The Morgan fingerprint density at radius 1 is 1.00 bits per heavy atom. The van der Waals surface area contributed by atoms with Crippen LogP contribution in [0.2, 0.25) is 0 Å². The van der Waals surface area contributed by atoms with Gasteiger partial charge in [-0.25, -0.2) is 0 Å². The van der Waals surface area contributed by atoms with Crippen molar-refractivity contribution in [2.24, 2.45) is 27.4 Å². The molecule has 4 aliphatic carbocycles. The van der Waals surface area contributed by atoms with Crippen LogP contribution in [0, 0.1) is 27.1 Å². The van der Waals surface area contributed by atoms with Crippen molar-refractivity contribution in [2.75, 3.05) is 13.1 Å². The number of rotatable bonds is 2. The number of guanidine groups is 1. The van der Waals surface area contributed by atoms with Crippen molar-refractivity contribution in [3.8, 4) is 0 Å². The zero-order valence-electron chi connectivity index (χ0n) is 12.1. The summed E-state index contributed by atoms with van der Waals surface area (Å²) in [7, 11) is 0. The van der Waals surface area contributed by atoms with Crippen LogP contribution in [-0.4, -0.2) is 23.9 Å². The summed E-state index contributed by atoms with van der Waals surface area (Å²) in [6.45, 7) is 6.97. The maximum absolute atomic E-state index is 7.74. The van der Waals surface area contributed by atoms with Crippen LogP contribution in [0.25, 0.3) is 0 Å². The third kappa shape index (κ3) is 1.12. The summed E-state index contributed by atoms with van der Waals surface area (Å²) in [6.07, 6.45) is 8.43. The molecule has 0 aromatic rings. The highest BCUT2D eigenvalue weighted by atomic mass is 35.5. The van der Waals surface area contributed by atoms with Gasteiger partial charge in [0, 0.05) is 13.1 Å². The third-order valence-electron chi connectivity index (χ3n) is 7.64. The van der Waals surface area contributed by atoms with Gasteiger partial charge in [-0.1, -0.05) is 13.8 Å². The van der Waals surface area contributed by atoms with Crippen LogP contribution in [0.5, 0.6) is 0 Å². The molecule has 5 rings (SSSR count). The SMILES string of the molecule is CCC12CC34CN(C(=N)N)CC3(C1)CC2(CC)C4.Cl. The lowest BCUT2D eigenvalue weighted by Gasteiger charge is -2.39. The van der Waals surface area contributed by atoms with E-state index >= 15 is 0 Å². The number of nitrogens with one attached hydrogen (secondary N) is 1. The van der Waals surface area contributed by atoms with Crippen LogP contribution in [0.15, 0.2) is 0 Å². The van der Waals surface area contributed by atoms with Gasteiger partial charge < -0.3 is 10.6 Å². The third-order valence-corrected chi connectivity index (χ3v) is 7.64. The maximum atomic E-state index is 7.74. The number of likely N-dealkylation sites (tertiary alicyclic amines) is 1. The van der Waals surface area contributed by atoms with Crippen LogP contribution in [0.4, 0.5) is 0 Å². The van der Waals surface area contributed by atoms with Gasteiger partial charge >= 0.3 is 0 Å². The summed E-state index contributed by atoms with van der Waals surface area (Å²) < 4.78 is 0. The first kappa shape index (κ1) is 13.5. The minimum Gasteiger partial charge on any atom is -0.370 e. The summed E-state index contributed by atoms with van der Waals surface area (Å²) in [5.41, 5.74) is 8.07. The molecule has 3 N–H and O–H groups in total. The van der Waals surface area contributed by atoms with E-state index in [4.69, 9.17) is 11.1 Å². The Kier molecular flexibility index (Phi) is 2.43. The number of hydrogen-bond donors (Lipinski definition) is 2. The summed E-state index contributed by atoms with van der Waals surface area (Å²) in [4.78, 5) is 2.16. The Labute approximate surface area is 122 Å². The molecular weight excluding hydrogens is 258 g/mol. The van der Waals surface area contributed by atoms with Crippen LogP contribution in [-0.2, 0) is 0 Å². The molecule has 1 saturated heterocycles. The van der Waals surface area contributed by atoms with E-state index in [-0.39, 0.29) is 12.4 Å². The van der Waals surface area contributed by atoms with Crippen LogP contribution in [0.3, 0.4) is 0 Å². The van der Waals surface area contributed by atoms with E-state index in [0.29, 0.717) is 27.6 Å². The molecule has 4 bridgehead atoms. The number of halogens is 1. The molecule has 0 amide bonds. The van der Waals surface area contributed by atoms with Gasteiger partial charge in [-0.3, -0.25) is 5.41 Å². The Balaban J connectivity index is 0.00000110. The lowest BCUT2D eigenvalue weighted by atomic mass is 9.65. The molecular formula is C15H26ClN3. The fourth-order valence-corrected chi connectivity index (χ4v) is 7.11. The molecule has 5 fully saturated rings. The normalized spacial score (nSPS) is 52.6. The molecule has 0 aromatic heterocycles. The van der Waals surface area contributed by atoms with Gasteiger partial charge in [0.1, 0.15) is 0 Å². The van der Waals surface area contributed by atoms with E-state index in [1.54, 1.807) is 0 Å². The van der Waals surface area contributed by atoms with Gasteiger partial charge in [-0.15, -0.1) is 12.4 Å². The Morgan fingerprint density at radius 2 is 1.37 bits per heavy atom. The average Bonchev–Trinajstić information content (AvgIpc) is 2.96. The summed E-state index contributed by atoms with van der Waals surface area (Å²) in [5.74, 6) is 0.302. The first-order chi connectivity index (χ1) is 8.46. The van der Waals surface area contributed by atoms with Crippen LogP contribution < -0.4 is 5.73 Å². The van der Waals surface area contributed by atoms with Gasteiger partial charge in [0.2, 0.25) is 0 Å². The highest BCUT2D eigenvalue weighted by molar-refractivity contribution is 5.85. The van der Waals surface area contributed by atoms with Crippen LogP contribution >= 0.6 is 12.4 Å². The standard InChI is InChI=1S/C15H25N3.ClH/c1-3-12-5-14-7-13(12,4-2)8-15(14,6-12)10-18(9-14)11(16)17;/h3-10H2,1-2H3,(H3,16,17);1H. The van der Waals surface area contributed by atoms with E-state index in [1.165, 1.54) is 38.5 Å². The van der Waals surface area contributed by atoms with Gasteiger partial charge in [0.25, 0.3) is 0 Å². The second-order valence-electron chi connectivity index (χ2n) is 7.78. The molecule has 0 radical (unpaired) electrons. The van der Waals surface area contributed by atoms with Gasteiger partial charge in [0.15, 0.2) is 5.96 Å². The molecule has 108 valence electrons. The second-order valence-corrected chi connectivity index (χ2v) is 7.78. The fraction of sp³-hybridized carbons (Fsp3) is 0.933. The van der Waals surface area contributed by atoms with Crippen molar-refractivity contribution < 1.29 is 0 Å². The number of nitrogens with two attached hydrogens (primary N) is 1. The number of hydrogen-bond acceptors (Lipinski definition) is 1. The van der Waals surface area contributed by atoms with Crippen molar-refractivity contribution in [3.05, 3.63) is 0 Å². The zero-order valence-corrected chi connectivity index (χ0v) is 12.9. The minimum atomic E-state index is 0. The zero-order chi connectivity index (χ0) is 12.8. The predicted octanol–water partition coefficient (Wildman–Crippen LogP) is 2.98. The largest absolute Gasteiger partial charge is 0.370 e. The maximum Gasteiger partial charge on any atom is 0.188 e. The fourth-order valence-electron chi connectivity index (χ4n) is 7.11. The Hall–Kier alpha value is -0.440. The van der Waals surface area contributed by atoms with Crippen molar-refractivity contribution in [2.45, 2.75) is 52.4 Å². The Morgan fingerprint density at radius 3 is 1.63 bits per heavy atom. The molecule has 4 saturated carbocycles. The topological polar surface area (TPSA) is 53.1 Å². The molecule has 19 heavy (non-hydrogen) atoms. The highest BCUT2D eigenvalue weighted by Crippen LogP contribution is 2.89. The van der Waals surface area contributed by atoms with Gasteiger partial charge in [-0.05, 0) is 60.2 Å². The Bertz CT molecular complexity index is 399. The van der Waals surface area contributed by atoms with E-state index in [2.05, 4.69) is 18.7 Å². The van der Waals surface area contributed by atoms with Gasteiger partial charge in [-0.2, -0.15) is 0 Å². The lowest BCUT2D eigenvalue weighted by molar-refractivity contribution is 0.0998. The molecule has 0 aromatic carbocycles. The lowest BCUT2D eigenvalue weighted by Crippen LogP contribution is -2.36. The van der Waals surface area contributed by atoms with Crippen molar-refractivity contribution in [1.82, 2.24) is 4.90 Å². The quantitative estimate of drug-likeness (QED) is 0.605. The van der Waals surface area contributed by atoms with E-state index in [0.717, 1.165) is 13.1 Å². The number of nitrogens with zero attached hydrogens (tertiary/aromatic N) is 1. The van der Waals surface area contributed by atoms with Crippen molar-refractivity contribution >= 4 is 18.4 Å². The second kappa shape index (κ2) is 3.41. The molecule has 1 heterocycles. The first-order valence-electron chi connectivity index (χ1n) is 7.55. The first-order valence-corrected chi connectivity index (χ1v) is 7.55. The molecule has 0 atom stereocenters. The van der Waals surface area contributed by atoms with Crippen LogP contribution in [0.1, 0.15) is 52.4 Å². The molecule has 2 spiro atoms. The van der Waals surface area contributed by atoms with E-state index < -0.39 is 0 Å². The molecule has 5 aliphatic rings. The summed E-state index contributed by atoms with van der Waals surface area (Å²) >= 11 is 0. The highest BCUT2D eigenvalue weighted by Gasteiger charge is 2.83. The average molecular weight is 284 g/mol. The molecule has 3 nitrogen and oxygen atoms in total. The smallest absolute Gasteiger partial charge is 0.188 e. The molecule has 4 heteroatoms. The monoisotopic (exact) mass is 283 g/mol. The minimum absolute atomic E-state index is 0. The van der Waals surface area contributed by atoms with Gasteiger partial charge in [0.05, 0.1) is 0 Å². The predicted molar refractivity (Wildman–Crippen MR) is 79.5 cm³/mol. The van der Waals surface area contributed by atoms with E-state index in [1.807, 2.05) is 0 Å². The summed E-state index contributed by atoms with van der Waals surface area (Å²) in [6, 6.07) is 0. The molecule has 0 unspecified atom stereocenters. The van der Waals surface area contributed by atoms with Crippen molar-refractivity contribution in [3.63, 3.8) is 0 Å². The van der Waals surface area contributed by atoms with E-state index in [9.17, 15) is 0 Å². The molecule has 1 aliphatic heterocycles. The summed E-state index contributed by atoms with van der Waals surface area (Å²) in [5, 5.41) is 7.74.